The van der Waals surface area contributed by atoms with Crippen molar-refractivity contribution in [3.05, 3.63) is 69.1 Å². The average Bonchev–Trinajstić information content (AvgIpc) is 3.24. The Balaban J connectivity index is 1.62. The van der Waals surface area contributed by atoms with Crippen LogP contribution in [0.5, 0.6) is 0 Å². The highest BCUT2D eigenvalue weighted by Crippen LogP contribution is 2.30. The maximum absolute atomic E-state index is 12.8. The van der Waals surface area contributed by atoms with Gasteiger partial charge in [-0.25, -0.2) is 4.98 Å². The second kappa shape index (κ2) is 12.9. The van der Waals surface area contributed by atoms with Crippen molar-refractivity contribution < 1.29 is 19.1 Å². The zero-order chi connectivity index (χ0) is 25.4. The van der Waals surface area contributed by atoms with Crippen molar-refractivity contribution >= 4 is 74.9 Å². The van der Waals surface area contributed by atoms with E-state index in [0.29, 0.717) is 40.1 Å². The van der Waals surface area contributed by atoms with Gasteiger partial charge in [0.05, 0.1) is 34.6 Å². The van der Waals surface area contributed by atoms with E-state index in [1.165, 1.54) is 29.2 Å². The number of carbonyl (C=O) groups excluding carboxylic acids is 3. The largest absolute Gasteiger partial charge is 0.466 e. The molecule has 0 bridgehead atoms. The number of esters is 1. The van der Waals surface area contributed by atoms with Gasteiger partial charge in [-0.1, -0.05) is 36.2 Å². The van der Waals surface area contributed by atoms with E-state index in [1.807, 2.05) is 13.0 Å². The summed E-state index contributed by atoms with van der Waals surface area (Å²) in [6.07, 6.45) is 0.639. The summed E-state index contributed by atoms with van der Waals surface area (Å²) >= 11 is 14.7. The molecule has 0 spiro atoms. The molecule has 35 heavy (non-hydrogen) atoms. The summed E-state index contributed by atoms with van der Waals surface area (Å²) in [5.74, 6) is -0.916. The van der Waals surface area contributed by atoms with Crippen molar-refractivity contribution in [2.24, 2.45) is 0 Å². The van der Waals surface area contributed by atoms with Crippen molar-refractivity contribution in [3.8, 4) is 0 Å². The topological polar surface area (TPSA) is 97.4 Å². The minimum Gasteiger partial charge on any atom is -0.466 e. The van der Waals surface area contributed by atoms with E-state index in [-0.39, 0.29) is 34.5 Å². The molecule has 0 aliphatic carbocycles. The van der Waals surface area contributed by atoms with Gasteiger partial charge >= 0.3 is 5.97 Å². The van der Waals surface area contributed by atoms with Crippen LogP contribution >= 0.6 is 46.3 Å². The maximum atomic E-state index is 12.8. The van der Waals surface area contributed by atoms with E-state index >= 15 is 0 Å². The summed E-state index contributed by atoms with van der Waals surface area (Å²) in [6.45, 7) is 3.97. The summed E-state index contributed by atoms with van der Waals surface area (Å²) in [4.78, 5) is 42.2. The zero-order valence-corrected chi connectivity index (χ0v) is 22.1. The third-order valence-corrected chi connectivity index (χ3v) is 7.33. The summed E-state index contributed by atoms with van der Waals surface area (Å²) in [5.41, 5.74) is 1.43. The molecule has 184 valence electrons. The number of carbonyl (C=O) groups is 3. The Kier molecular flexibility index (Phi) is 9.97. The molecule has 3 rings (SSSR count). The first kappa shape index (κ1) is 27.0. The molecule has 7 nitrogen and oxygen atoms in total. The van der Waals surface area contributed by atoms with Gasteiger partial charge in [-0.15, -0.1) is 23.1 Å². The second-order valence-corrected chi connectivity index (χ2v) is 10.2. The van der Waals surface area contributed by atoms with Crippen LogP contribution in [0.4, 0.5) is 10.8 Å². The number of nitrogens with zero attached hydrogens (tertiary/aromatic N) is 1. The molecule has 0 fully saturated rings. The van der Waals surface area contributed by atoms with Crippen LogP contribution in [0.1, 0.15) is 36.3 Å². The molecule has 11 heteroatoms. The normalized spacial score (nSPS) is 11.5. The number of ether oxygens (including phenoxy) is 1. The number of hydrogen-bond acceptors (Lipinski definition) is 7. The van der Waals surface area contributed by atoms with Crippen molar-refractivity contribution in [3.63, 3.8) is 0 Å². The highest BCUT2D eigenvalue weighted by molar-refractivity contribution is 8.00. The van der Waals surface area contributed by atoms with E-state index in [9.17, 15) is 14.4 Å². The predicted octanol–water partition coefficient (Wildman–Crippen LogP) is 6.32. The molecule has 2 amide bonds. The summed E-state index contributed by atoms with van der Waals surface area (Å²) in [7, 11) is 0. The Morgan fingerprint density at radius 2 is 1.91 bits per heavy atom. The molecule has 0 saturated carbocycles. The Morgan fingerprint density at radius 1 is 1.11 bits per heavy atom. The van der Waals surface area contributed by atoms with E-state index in [1.54, 1.807) is 42.6 Å². The van der Waals surface area contributed by atoms with Crippen LogP contribution in [0.25, 0.3) is 0 Å². The molecule has 2 aromatic carbocycles. The van der Waals surface area contributed by atoms with E-state index in [0.717, 1.165) is 4.90 Å². The average molecular weight is 553 g/mol. The fourth-order valence-corrected chi connectivity index (χ4v) is 5.22. The molecule has 1 aromatic heterocycles. The number of nitrogens with one attached hydrogen (secondary N) is 2. The van der Waals surface area contributed by atoms with Gasteiger partial charge in [0, 0.05) is 21.0 Å². The number of halogens is 2. The third kappa shape index (κ3) is 7.96. The molecular weight excluding hydrogens is 529 g/mol. The smallest absolute Gasteiger partial charge is 0.311 e. The van der Waals surface area contributed by atoms with Crippen molar-refractivity contribution in [2.75, 3.05) is 17.2 Å². The lowest BCUT2D eigenvalue weighted by atomic mass is 10.2. The molecule has 0 aliphatic rings. The second-order valence-electron chi connectivity index (χ2n) is 7.24. The Hall–Kier alpha value is -2.59. The molecular formula is C24H23Cl2N3O4S2. The number of amides is 2. The number of aromatic nitrogens is 1. The van der Waals surface area contributed by atoms with Gasteiger partial charge < -0.3 is 15.4 Å². The van der Waals surface area contributed by atoms with Gasteiger partial charge in [0.1, 0.15) is 0 Å². The van der Waals surface area contributed by atoms with Gasteiger partial charge in [-0.05, 0) is 49.7 Å². The number of anilines is 2. The van der Waals surface area contributed by atoms with Gasteiger partial charge in [-0.3, -0.25) is 14.4 Å². The van der Waals surface area contributed by atoms with Gasteiger partial charge in [0.15, 0.2) is 5.13 Å². The number of rotatable bonds is 10. The lowest BCUT2D eigenvalue weighted by Gasteiger charge is -2.14. The lowest BCUT2D eigenvalue weighted by molar-refractivity contribution is -0.142. The summed E-state index contributed by atoms with van der Waals surface area (Å²) < 4.78 is 4.92. The molecule has 0 radical (unpaired) electrons. The number of benzene rings is 2. The fourth-order valence-electron chi connectivity index (χ4n) is 3.00. The van der Waals surface area contributed by atoms with Gasteiger partial charge in [0.2, 0.25) is 5.91 Å². The van der Waals surface area contributed by atoms with Crippen LogP contribution in [0.15, 0.2) is 52.7 Å². The third-order valence-electron chi connectivity index (χ3n) is 4.62. The van der Waals surface area contributed by atoms with Crippen LogP contribution in [0.2, 0.25) is 10.0 Å². The highest BCUT2D eigenvalue weighted by atomic mass is 35.5. The fraction of sp³-hybridized carbons (Fsp3) is 0.250. The highest BCUT2D eigenvalue weighted by Gasteiger charge is 2.20. The maximum Gasteiger partial charge on any atom is 0.311 e. The van der Waals surface area contributed by atoms with Crippen molar-refractivity contribution in [2.45, 2.75) is 36.8 Å². The Morgan fingerprint density at radius 3 is 2.63 bits per heavy atom. The van der Waals surface area contributed by atoms with E-state index in [4.69, 9.17) is 27.9 Å². The van der Waals surface area contributed by atoms with Crippen LogP contribution in [0.3, 0.4) is 0 Å². The first-order valence-corrected chi connectivity index (χ1v) is 13.2. The molecule has 1 heterocycles. The number of thiazole rings is 1. The van der Waals surface area contributed by atoms with Crippen LogP contribution < -0.4 is 10.6 Å². The van der Waals surface area contributed by atoms with Crippen molar-refractivity contribution in [1.29, 1.82) is 0 Å². The molecule has 3 aromatic rings. The predicted molar refractivity (Wildman–Crippen MR) is 142 cm³/mol. The molecule has 1 atom stereocenters. The lowest BCUT2D eigenvalue weighted by Crippen LogP contribution is -2.24. The van der Waals surface area contributed by atoms with Gasteiger partial charge in [0.25, 0.3) is 5.91 Å². The minimum atomic E-state index is -0.385. The Bertz CT molecular complexity index is 1220. The first-order valence-electron chi connectivity index (χ1n) is 10.7. The molecule has 1 unspecified atom stereocenters. The molecule has 0 saturated heterocycles. The van der Waals surface area contributed by atoms with Crippen LogP contribution in [-0.4, -0.2) is 34.6 Å². The molecule has 2 N–H and O–H groups in total. The van der Waals surface area contributed by atoms with Crippen LogP contribution in [-0.2, 0) is 20.7 Å². The summed E-state index contributed by atoms with van der Waals surface area (Å²) in [5, 5.41) is 8.11. The first-order chi connectivity index (χ1) is 16.8. The van der Waals surface area contributed by atoms with Crippen LogP contribution in [0, 0.1) is 0 Å². The summed E-state index contributed by atoms with van der Waals surface area (Å²) in [6, 6.07) is 11.9. The Labute approximate surface area is 221 Å². The SMILES string of the molecule is CCOC(=O)Cc1csc(NC(=O)C(CC)Sc2cccc(NC(=O)c3ccc(Cl)cc3Cl)c2)n1. The minimum absolute atomic E-state index is 0.0614. The number of thioether (sulfide) groups is 1. The van der Waals surface area contributed by atoms with Gasteiger partial charge in [-0.2, -0.15) is 0 Å². The van der Waals surface area contributed by atoms with E-state index < -0.39 is 0 Å². The van der Waals surface area contributed by atoms with Crippen molar-refractivity contribution in [1.82, 2.24) is 4.98 Å². The number of hydrogen-bond donors (Lipinski definition) is 2. The monoisotopic (exact) mass is 551 g/mol. The zero-order valence-electron chi connectivity index (χ0n) is 19.0. The molecule has 0 aliphatic heterocycles. The standard InChI is InChI=1S/C24H23Cl2N3O4S2/c1-3-20(23(32)29-24-28-16(13-34-24)12-21(30)33-4-2)35-17-7-5-6-15(11-17)27-22(31)18-9-8-14(25)10-19(18)26/h5-11,13,20H,3-4,12H2,1-2H3,(H,27,31)(H,28,29,32). The quantitative estimate of drug-likeness (QED) is 0.226. The van der Waals surface area contributed by atoms with E-state index in [2.05, 4.69) is 15.6 Å².